The molecule has 9 heteroatoms. The number of benzene rings is 1. The quantitative estimate of drug-likeness (QED) is 0.863. The first kappa shape index (κ1) is 16.8. The number of halogens is 6. The predicted molar refractivity (Wildman–Crippen MR) is 62.5 cm³/mol. The summed E-state index contributed by atoms with van der Waals surface area (Å²) >= 11 is 5.67. The van der Waals surface area contributed by atoms with Gasteiger partial charge >= 0.3 is 12.1 Å². The lowest BCUT2D eigenvalue weighted by Crippen LogP contribution is -2.45. The van der Waals surface area contributed by atoms with Crippen LogP contribution in [0.5, 0.6) is 11.5 Å². The molecule has 114 valence electrons. The predicted octanol–water partition coefficient (Wildman–Crippen LogP) is 3.55. The van der Waals surface area contributed by atoms with Crippen molar-refractivity contribution >= 4 is 11.6 Å². The first-order chi connectivity index (χ1) is 9.06. The molecule has 20 heavy (non-hydrogen) atoms. The molecule has 0 aromatic heterocycles. The van der Waals surface area contributed by atoms with Crippen LogP contribution in [-0.2, 0) is 0 Å². The fourth-order valence-electron chi connectivity index (χ4n) is 1.48. The summed E-state index contributed by atoms with van der Waals surface area (Å²) in [5.41, 5.74) is 4.43. The van der Waals surface area contributed by atoms with Gasteiger partial charge in [-0.05, 0) is 11.6 Å². The highest BCUT2D eigenvalue weighted by Gasteiger charge is 2.62. The maximum atomic E-state index is 13.2. The third-order valence-electron chi connectivity index (χ3n) is 2.61. The Labute approximate surface area is 116 Å². The molecule has 1 atom stereocenters. The maximum absolute atomic E-state index is 13.2. The minimum Gasteiger partial charge on any atom is -0.493 e. The van der Waals surface area contributed by atoms with Gasteiger partial charge < -0.3 is 15.2 Å². The number of alkyl halides is 5. The van der Waals surface area contributed by atoms with Gasteiger partial charge in [0.25, 0.3) is 0 Å². The van der Waals surface area contributed by atoms with Crippen molar-refractivity contribution in [2.24, 2.45) is 5.73 Å². The first-order valence-electron chi connectivity index (χ1n) is 5.17. The Bertz CT molecular complexity index is 492. The average Bonchev–Trinajstić information content (AvgIpc) is 2.36. The molecule has 0 bridgehead atoms. The van der Waals surface area contributed by atoms with Crippen LogP contribution in [-0.4, -0.2) is 26.3 Å². The number of nitrogens with two attached hydrogens (primary N) is 1. The summed E-state index contributed by atoms with van der Waals surface area (Å²) in [6.07, 6.45) is -5.79. The second kappa shape index (κ2) is 5.61. The van der Waals surface area contributed by atoms with Crippen LogP contribution < -0.4 is 15.2 Å². The zero-order valence-corrected chi connectivity index (χ0v) is 11.1. The Hall–Kier alpha value is -1.28. The fourth-order valence-corrected chi connectivity index (χ4v) is 1.75. The molecule has 1 unspecified atom stereocenters. The van der Waals surface area contributed by atoms with Gasteiger partial charge in [0.1, 0.15) is 6.04 Å². The molecule has 0 spiro atoms. The number of rotatable bonds is 4. The molecule has 3 nitrogen and oxygen atoms in total. The van der Waals surface area contributed by atoms with E-state index in [1.165, 1.54) is 14.2 Å². The van der Waals surface area contributed by atoms with Crippen LogP contribution >= 0.6 is 11.6 Å². The summed E-state index contributed by atoms with van der Waals surface area (Å²) in [5, 5.41) is -0.376. The summed E-state index contributed by atoms with van der Waals surface area (Å²) in [6, 6.07) is -0.706. The van der Waals surface area contributed by atoms with E-state index in [9.17, 15) is 22.0 Å². The van der Waals surface area contributed by atoms with E-state index in [0.29, 0.717) is 0 Å². The molecule has 1 aromatic rings. The van der Waals surface area contributed by atoms with Crippen LogP contribution in [0.25, 0.3) is 0 Å². The average molecular weight is 320 g/mol. The third-order valence-corrected chi connectivity index (χ3v) is 2.93. The molecule has 2 N–H and O–H groups in total. The molecule has 0 heterocycles. The number of hydrogen-bond donors (Lipinski definition) is 1. The minimum atomic E-state index is -5.79. The van der Waals surface area contributed by atoms with E-state index in [4.69, 9.17) is 26.8 Å². The van der Waals surface area contributed by atoms with Gasteiger partial charge in [0.2, 0.25) is 0 Å². The number of hydrogen-bond acceptors (Lipinski definition) is 3. The molecule has 1 aromatic carbocycles. The molecule has 0 amide bonds. The zero-order chi connectivity index (χ0) is 15.7. The zero-order valence-electron chi connectivity index (χ0n) is 10.4. The Morgan fingerprint density at radius 3 is 1.90 bits per heavy atom. The van der Waals surface area contributed by atoms with Gasteiger partial charge in [0, 0.05) is 11.1 Å². The molecule has 0 saturated heterocycles. The van der Waals surface area contributed by atoms with Gasteiger partial charge in [0.15, 0.2) is 11.5 Å². The SMILES string of the molecule is COc1cc(Cl)c(C(N)C(F)(F)C(F)(F)F)cc1OC. The highest BCUT2D eigenvalue weighted by molar-refractivity contribution is 6.31. The third kappa shape index (κ3) is 2.90. The van der Waals surface area contributed by atoms with Crippen LogP contribution in [0.15, 0.2) is 12.1 Å². The van der Waals surface area contributed by atoms with Crippen LogP contribution in [0.1, 0.15) is 11.6 Å². The van der Waals surface area contributed by atoms with Crippen molar-refractivity contribution in [1.82, 2.24) is 0 Å². The smallest absolute Gasteiger partial charge is 0.455 e. The summed E-state index contributed by atoms with van der Waals surface area (Å²) in [5.74, 6) is -5.10. The number of methoxy groups -OCH3 is 2. The van der Waals surface area contributed by atoms with Crippen molar-refractivity contribution in [3.8, 4) is 11.5 Å². The van der Waals surface area contributed by atoms with Crippen LogP contribution in [0.3, 0.4) is 0 Å². The molecule has 0 aliphatic rings. The van der Waals surface area contributed by atoms with E-state index < -0.39 is 23.7 Å². The lowest BCUT2D eigenvalue weighted by Gasteiger charge is -2.27. The molecule has 0 radical (unpaired) electrons. The Kier molecular flexibility index (Phi) is 4.70. The van der Waals surface area contributed by atoms with Gasteiger partial charge in [-0.15, -0.1) is 0 Å². The Balaban J connectivity index is 3.33. The van der Waals surface area contributed by atoms with E-state index in [0.717, 1.165) is 12.1 Å². The topological polar surface area (TPSA) is 44.5 Å². The molecule has 1 rings (SSSR count). The van der Waals surface area contributed by atoms with Gasteiger partial charge in [-0.1, -0.05) is 11.6 Å². The molecule has 0 fully saturated rings. The number of ether oxygens (including phenoxy) is 2. The van der Waals surface area contributed by atoms with Gasteiger partial charge in [-0.3, -0.25) is 0 Å². The largest absolute Gasteiger partial charge is 0.493 e. The van der Waals surface area contributed by atoms with Gasteiger partial charge in [0.05, 0.1) is 14.2 Å². The molecular weight excluding hydrogens is 309 g/mol. The molecule has 0 saturated carbocycles. The summed E-state index contributed by atoms with van der Waals surface area (Å²) in [4.78, 5) is 0. The van der Waals surface area contributed by atoms with Gasteiger partial charge in [-0.25, -0.2) is 0 Å². The van der Waals surface area contributed by atoms with Crippen LogP contribution in [0, 0.1) is 0 Å². The second-order valence-electron chi connectivity index (χ2n) is 3.83. The normalized spacial score (nSPS) is 14.1. The van der Waals surface area contributed by atoms with Crippen molar-refractivity contribution in [3.63, 3.8) is 0 Å². The Morgan fingerprint density at radius 1 is 1.05 bits per heavy atom. The van der Waals surface area contributed by atoms with Gasteiger partial charge in [-0.2, -0.15) is 22.0 Å². The highest BCUT2D eigenvalue weighted by Crippen LogP contribution is 2.46. The standard InChI is InChI=1S/C11H11ClF5NO2/c1-19-7-3-5(6(12)4-8(7)20-2)9(18)10(13,14)11(15,16)17/h3-4,9H,18H2,1-2H3. The van der Waals surface area contributed by atoms with E-state index in [1.807, 2.05) is 0 Å². The van der Waals surface area contributed by atoms with Crippen LogP contribution in [0.2, 0.25) is 5.02 Å². The van der Waals surface area contributed by atoms with E-state index in [2.05, 4.69) is 0 Å². The summed E-state index contributed by atoms with van der Waals surface area (Å²) in [7, 11) is 2.46. The van der Waals surface area contributed by atoms with Crippen molar-refractivity contribution < 1.29 is 31.4 Å². The van der Waals surface area contributed by atoms with Crippen molar-refractivity contribution in [1.29, 1.82) is 0 Å². The van der Waals surface area contributed by atoms with Crippen molar-refractivity contribution in [2.45, 2.75) is 18.1 Å². The van der Waals surface area contributed by atoms with Crippen LogP contribution in [0.4, 0.5) is 22.0 Å². The first-order valence-corrected chi connectivity index (χ1v) is 5.55. The van der Waals surface area contributed by atoms with E-state index in [1.54, 1.807) is 0 Å². The van der Waals surface area contributed by atoms with E-state index >= 15 is 0 Å². The lowest BCUT2D eigenvalue weighted by atomic mass is 10.0. The van der Waals surface area contributed by atoms with Crippen molar-refractivity contribution in [2.75, 3.05) is 14.2 Å². The van der Waals surface area contributed by atoms with E-state index in [-0.39, 0.29) is 16.5 Å². The second-order valence-corrected chi connectivity index (χ2v) is 4.23. The Morgan fingerprint density at radius 2 is 1.50 bits per heavy atom. The molecule has 0 aliphatic carbocycles. The fraction of sp³-hybridized carbons (Fsp3) is 0.455. The van der Waals surface area contributed by atoms with Crippen molar-refractivity contribution in [3.05, 3.63) is 22.7 Å². The molecule has 0 aliphatic heterocycles. The summed E-state index contributed by atoms with van der Waals surface area (Å²) in [6.45, 7) is 0. The summed E-state index contributed by atoms with van der Waals surface area (Å²) < 4.78 is 73.0. The molecular formula is C11H11ClF5NO2. The monoisotopic (exact) mass is 319 g/mol. The minimum absolute atomic E-state index is 0.0553. The lowest BCUT2D eigenvalue weighted by molar-refractivity contribution is -0.290. The highest BCUT2D eigenvalue weighted by atomic mass is 35.5. The maximum Gasteiger partial charge on any atom is 0.455 e.